The van der Waals surface area contributed by atoms with E-state index in [1.165, 1.54) is 11.3 Å². The van der Waals surface area contributed by atoms with E-state index < -0.39 is 5.97 Å². The van der Waals surface area contributed by atoms with Gasteiger partial charge >= 0.3 is 5.97 Å². The Labute approximate surface area is 102 Å². The summed E-state index contributed by atoms with van der Waals surface area (Å²) in [4.78, 5) is 20.0. The number of rotatable bonds is 4. The van der Waals surface area contributed by atoms with Gasteiger partial charge in [-0.25, -0.2) is 9.78 Å². The Bertz CT molecular complexity index is 525. The van der Waals surface area contributed by atoms with Crippen LogP contribution in [-0.4, -0.2) is 27.6 Å². The van der Waals surface area contributed by atoms with Crippen LogP contribution in [-0.2, 0) is 6.42 Å². The minimum absolute atomic E-state index is 0.0844. The number of carboxylic acids is 1. The molecule has 0 unspecified atom stereocenters. The van der Waals surface area contributed by atoms with Gasteiger partial charge in [0.25, 0.3) is 0 Å². The number of aromatic nitrogens is 2. The molecule has 17 heavy (non-hydrogen) atoms. The third-order valence-corrected chi connectivity index (χ3v) is 3.29. The summed E-state index contributed by atoms with van der Waals surface area (Å²) in [6.45, 7) is 0.407. The van der Waals surface area contributed by atoms with Crippen molar-refractivity contribution in [1.82, 2.24) is 9.97 Å². The van der Waals surface area contributed by atoms with Crippen molar-refractivity contribution in [3.63, 3.8) is 0 Å². The number of carbonyl (C=O) groups is 1. The largest absolute Gasteiger partial charge is 0.476 e. The summed E-state index contributed by atoms with van der Waals surface area (Å²) in [7, 11) is 0. The maximum absolute atomic E-state index is 11.0. The van der Waals surface area contributed by atoms with Crippen LogP contribution in [0.3, 0.4) is 0 Å². The Hall–Kier alpha value is -1.79. The van der Waals surface area contributed by atoms with Crippen LogP contribution in [0.15, 0.2) is 24.4 Å². The Morgan fingerprint density at radius 1 is 1.47 bits per heavy atom. The molecule has 0 amide bonds. The van der Waals surface area contributed by atoms with Crippen molar-refractivity contribution in [2.24, 2.45) is 5.73 Å². The SMILES string of the molecule is NCCc1sc(-c2ccccn2)nc1C(=O)O. The molecule has 0 saturated carbocycles. The highest BCUT2D eigenvalue weighted by Crippen LogP contribution is 2.26. The number of hydrogen-bond acceptors (Lipinski definition) is 5. The van der Waals surface area contributed by atoms with Crippen molar-refractivity contribution in [3.8, 4) is 10.7 Å². The first-order valence-corrected chi connectivity index (χ1v) is 5.88. The van der Waals surface area contributed by atoms with Gasteiger partial charge in [0.1, 0.15) is 5.01 Å². The van der Waals surface area contributed by atoms with Crippen LogP contribution in [0.4, 0.5) is 0 Å². The van der Waals surface area contributed by atoms with Crippen molar-refractivity contribution in [3.05, 3.63) is 35.0 Å². The van der Waals surface area contributed by atoms with Crippen LogP contribution >= 0.6 is 11.3 Å². The normalized spacial score (nSPS) is 10.4. The molecule has 0 aliphatic heterocycles. The lowest BCUT2D eigenvalue weighted by molar-refractivity contribution is 0.0690. The minimum Gasteiger partial charge on any atom is -0.476 e. The van der Waals surface area contributed by atoms with Crippen LogP contribution in [0.2, 0.25) is 0 Å². The monoisotopic (exact) mass is 249 g/mol. The lowest BCUT2D eigenvalue weighted by atomic mass is 10.3. The van der Waals surface area contributed by atoms with Gasteiger partial charge in [0, 0.05) is 11.1 Å². The topological polar surface area (TPSA) is 89.1 Å². The fraction of sp³-hybridized carbons (Fsp3) is 0.182. The molecule has 6 heteroatoms. The Balaban J connectivity index is 2.44. The Morgan fingerprint density at radius 2 is 2.29 bits per heavy atom. The average molecular weight is 249 g/mol. The van der Waals surface area contributed by atoms with Crippen molar-refractivity contribution < 1.29 is 9.90 Å². The summed E-state index contributed by atoms with van der Waals surface area (Å²) in [5, 5.41) is 9.65. The van der Waals surface area contributed by atoms with Crippen LogP contribution in [0, 0.1) is 0 Å². The summed E-state index contributed by atoms with van der Waals surface area (Å²) in [6, 6.07) is 5.44. The fourth-order valence-corrected chi connectivity index (χ4v) is 2.46. The van der Waals surface area contributed by atoms with Crippen LogP contribution in [0.5, 0.6) is 0 Å². The molecular weight excluding hydrogens is 238 g/mol. The lowest BCUT2D eigenvalue weighted by Gasteiger charge is -1.92. The first-order chi connectivity index (χ1) is 8.22. The summed E-state index contributed by atoms with van der Waals surface area (Å²) >= 11 is 1.33. The third kappa shape index (κ3) is 2.48. The number of thiazole rings is 1. The van der Waals surface area contributed by atoms with E-state index in [0.29, 0.717) is 28.5 Å². The minimum atomic E-state index is -1.02. The van der Waals surface area contributed by atoms with E-state index in [0.717, 1.165) is 0 Å². The maximum Gasteiger partial charge on any atom is 0.355 e. The molecule has 0 aliphatic carbocycles. The Morgan fingerprint density at radius 3 is 2.88 bits per heavy atom. The molecule has 0 aliphatic rings. The number of pyridine rings is 1. The van der Waals surface area contributed by atoms with Gasteiger partial charge < -0.3 is 10.8 Å². The predicted molar refractivity (Wildman–Crippen MR) is 65.1 cm³/mol. The number of carboxylic acid groups (broad SMARTS) is 1. The van der Waals surface area contributed by atoms with E-state index in [-0.39, 0.29) is 5.69 Å². The number of hydrogen-bond donors (Lipinski definition) is 2. The molecule has 3 N–H and O–H groups in total. The average Bonchev–Trinajstić information content (AvgIpc) is 2.75. The first-order valence-electron chi connectivity index (χ1n) is 5.07. The molecule has 2 heterocycles. The highest BCUT2D eigenvalue weighted by atomic mass is 32.1. The zero-order valence-electron chi connectivity index (χ0n) is 8.96. The van der Waals surface area contributed by atoms with Crippen LogP contribution in [0.1, 0.15) is 15.4 Å². The third-order valence-electron chi connectivity index (χ3n) is 2.16. The number of aromatic carboxylic acids is 1. The van der Waals surface area contributed by atoms with E-state index in [1.54, 1.807) is 18.3 Å². The molecule has 0 fully saturated rings. The highest BCUT2D eigenvalue weighted by Gasteiger charge is 2.17. The van der Waals surface area contributed by atoms with Gasteiger partial charge in [-0.1, -0.05) is 6.07 Å². The number of nitrogens with two attached hydrogens (primary N) is 1. The zero-order valence-corrected chi connectivity index (χ0v) is 9.78. The quantitative estimate of drug-likeness (QED) is 0.855. The van der Waals surface area contributed by atoms with Crippen molar-refractivity contribution in [2.75, 3.05) is 6.54 Å². The summed E-state index contributed by atoms with van der Waals surface area (Å²) in [5.74, 6) is -1.02. The highest BCUT2D eigenvalue weighted by molar-refractivity contribution is 7.15. The van der Waals surface area contributed by atoms with Crippen molar-refractivity contribution in [2.45, 2.75) is 6.42 Å². The fourth-order valence-electron chi connectivity index (χ4n) is 1.42. The molecule has 0 atom stereocenters. The van der Waals surface area contributed by atoms with Crippen molar-refractivity contribution >= 4 is 17.3 Å². The molecule has 5 nitrogen and oxygen atoms in total. The van der Waals surface area contributed by atoms with E-state index >= 15 is 0 Å². The van der Waals surface area contributed by atoms with Gasteiger partial charge in [0.2, 0.25) is 0 Å². The van der Waals surface area contributed by atoms with Gasteiger partial charge in [-0.2, -0.15) is 0 Å². The standard InChI is InChI=1S/C11H11N3O2S/c12-5-4-8-9(11(15)16)14-10(17-8)7-3-1-2-6-13-7/h1-3,6H,4-5,12H2,(H,15,16). The Kier molecular flexibility index (Phi) is 3.46. The molecule has 2 rings (SSSR count). The summed E-state index contributed by atoms with van der Waals surface area (Å²) in [6.07, 6.45) is 2.17. The first kappa shape index (κ1) is 11.7. The summed E-state index contributed by atoms with van der Waals surface area (Å²) in [5.41, 5.74) is 6.22. The van der Waals surface area contributed by atoms with Gasteiger partial charge in [-0.3, -0.25) is 4.98 Å². The molecule has 0 radical (unpaired) electrons. The van der Waals surface area contributed by atoms with E-state index in [9.17, 15) is 4.79 Å². The second-order valence-electron chi connectivity index (χ2n) is 3.35. The zero-order chi connectivity index (χ0) is 12.3. The van der Waals surface area contributed by atoms with E-state index in [2.05, 4.69) is 9.97 Å². The molecule has 2 aromatic rings. The molecular formula is C11H11N3O2S. The molecule has 88 valence electrons. The molecule has 0 bridgehead atoms. The number of nitrogens with zero attached hydrogens (tertiary/aromatic N) is 2. The van der Waals surface area contributed by atoms with E-state index in [4.69, 9.17) is 10.8 Å². The van der Waals surface area contributed by atoms with Gasteiger partial charge in [0.05, 0.1) is 5.69 Å². The second-order valence-corrected chi connectivity index (χ2v) is 4.43. The predicted octanol–water partition coefficient (Wildman–Crippen LogP) is 1.40. The van der Waals surface area contributed by atoms with Gasteiger partial charge in [0.15, 0.2) is 5.69 Å². The molecule has 0 aromatic carbocycles. The molecule has 0 spiro atoms. The van der Waals surface area contributed by atoms with Crippen molar-refractivity contribution in [1.29, 1.82) is 0 Å². The van der Waals surface area contributed by atoms with Gasteiger partial charge in [-0.15, -0.1) is 11.3 Å². The van der Waals surface area contributed by atoms with Gasteiger partial charge in [-0.05, 0) is 25.1 Å². The summed E-state index contributed by atoms with van der Waals surface area (Å²) < 4.78 is 0. The van der Waals surface area contributed by atoms with Crippen LogP contribution < -0.4 is 5.73 Å². The molecule has 2 aromatic heterocycles. The smallest absolute Gasteiger partial charge is 0.355 e. The maximum atomic E-state index is 11.0. The van der Waals surface area contributed by atoms with Crippen LogP contribution in [0.25, 0.3) is 10.7 Å². The van der Waals surface area contributed by atoms with E-state index in [1.807, 2.05) is 6.07 Å². The lowest BCUT2D eigenvalue weighted by Crippen LogP contribution is -2.06. The second kappa shape index (κ2) is 5.03. The molecule has 0 saturated heterocycles.